The second-order valence-corrected chi connectivity index (χ2v) is 3.52. The second kappa shape index (κ2) is 5.61. The molecule has 0 aliphatic carbocycles. The smallest absolute Gasteiger partial charge is 0.313 e. The first-order valence-corrected chi connectivity index (χ1v) is 5.07. The molecule has 1 heterocycles. The van der Waals surface area contributed by atoms with E-state index in [-0.39, 0.29) is 12.4 Å². The Bertz CT molecular complexity index is 302. The lowest BCUT2D eigenvalue weighted by Gasteiger charge is -1.90. The molecule has 0 aromatic carbocycles. The van der Waals surface area contributed by atoms with Crippen LogP contribution in [-0.4, -0.2) is 43.7 Å². The van der Waals surface area contributed by atoms with Crippen LogP contribution in [0.4, 0.5) is 0 Å². The van der Waals surface area contributed by atoms with E-state index in [2.05, 4.69) is 15.2 Å². The number of hydrogen-bond donors (Lipinski definition) is 3. The van der Waals surface area contributed by atoms with E-state index < -0.39 is 5.97 Å². The van der Waals surface area contributed by atoms with Gasteiger partial charge in [-0.15, -0.1) is 5.10 Å². The van der Waals surface area contributed by atoms with Crippen molar-refractivity contribution < 1.29 is 15.0 Å². The van der Waals surface area contributed by atoms with Gasteiger partial charge in [0.2, 0.25) is 5.16 Å². The van der Waals surface area contributed by atoms with E-state index >= 15 is 0 Å². The van der Waals surface area contributed by atoms with Gasteiger partial charge in [0.15, 0.2) is 0 Å². The predicted molar refractivity (Wildman–Crippen MR) is 50.1 cm³/mol. The Morgan fingerprint density at radius 3 is 3.00 bits per heavy atom. The van der Waals surface area contributed by atoms with Gasteiger partial charge in [-0.05, 0) is 6.42 Å². The zero-order valence-electron chi connectivity index (χ0n) is 7.43. The van der Waals surface area contributed by atoms with Crippen molar-refractivity contribution in [3.63, 3.8) is 0 Å². The van der Waals surface area contributed by atoms with Gasteiger partial charge < -0.3 is 10.2 Å². The summed E-state index contributed by atoms with van der Waals surface area (Å²) in [5.41, 5.74) is 0. The van der Waals surface area contributed by atoms with Crippen LogP contribution in [-0.2, 0) is 11.2 Å². The number of rotatable bonds is 6. The van der Waals surface area contributed by atoms with Gasteiger partial charge in [0.25, 0.3) is 0 Å². The molecule has 0 unspecified atom stereocenters. The summed E-state index contributed by atoms with van der Waals surface area (Å²) in [5, 5.41) is 23.9. The van der Waals surface area contributed by atoms with Crippen molar-refractivity contribution in [2.75, 3.05) is 12.4 Å². The molecule has 1 aromatic rings. The van der Waals surface area contributed by atoms with Gasteiger partial charge in [-0.3, -0.25) is 9.89 Å². The highest BCUT2D eigenvalue weighted by molar-refractivity contribution is 7.99. The number of carbonyl (C=O) groups is 1. The molecule has 0 spiro atoms. The van der Waals surface area contributed by atoms with Crippen LogP contribution in [0.5, 0.6) is 0 Å². The minimum atomic E-state index is -0.892. The van der Waals surface area contributed by atoms with Crippen LogP contribution in [0.1, 0.15) is 12.2 Å². The molecule has 1 aromatic heterocycles. The highest BCUT2D eigenvalue weighted by atomic mass is 32.2. The Balaban J connectivity index is 2.38. The highest BCUT2D eigenvalue weighted by Crippen LogP contribution is 2.11. The van der Waals surface area contributed by atoms with Gasteiger partial charge in [-0.1, -0.05) is 11.8 Å². The molecular formula is C7H11N3O3S. The average Bonchev–Trinajstić information content (AvgIpc) is 2.59. The van der Waals surface area contributed by atoms with Crippen molar-refractivity contribution in [2.45, 2.75) is 18.0 Å². The fraction of sp³-hybridized carbons (Fsp3) is 0.571. The average molecular weight is 217 g/mol. The molecule has 0 atom stereocenters. The molecule has 78 valence electrons. The van der Waals surface area contributed by atoms with Crippen molar-refractivity contribution in [1.82, 2.24) is 15.2 Å². The molecular weight excluding hydrogens is 206 g/mol. The molecule has 6 nitrogen and oxygen atoms in total. The largest absolute Gasteiger partial charge is 0.481 e. The zero-order valence-corrected chi connectivity index (χ0v) is 8.25. The summed E-state index contributed by atoms with van der Waals surface area (Å²) in [4.78, 5) is 14.3. The number of aromatic amines is 1. The number of aromatic nitrogens is 3. The monoisotopic (exact) mass is 217 g/mol. The van der Waals surface area contributed by atoms with Crippen LogP contribution in [0, 0.1) is 0 Å². The van der Waals surface area contributed by atoms with Crippen molar-refractivity contribution >= 4 is 17.7 Å². The summed E-state index contributed by atoms with van der Waals surface area (Å²) in [6, 6.07) is 0. The summed E-state index contributed by atoms with van der Waals surface area (Å²) in [6.45, 7) is 0.109. The molecule has 3 N–H and O–H groups in total. The van der Waals surface area contributed by atoms with E-state index in [0.717, 1.165) is 11.8 Å². The SMILES string of the molecule is O=C(O)CSc1n[nH]c(CCCO)n1. The van der Waals surface area contributed by atoms with Crippen LogP contribution >= 0.6 is 11.8 Å². The lowest BCUT2D eigenvalue weighted by atomic mass is 10.3. The number of aryl methyl sites for hydroxylation is 1. The number of H-pyrrole nitrogens is 1. The maximum atomic E-state index is 10.2. The molecule has 0 aliphatic heterocycles. The van der Waals surface area contributed by atoms with Crippen molar-refractivity contribution in [3.05, 3.63) is 5.82 Å². The minimum Gasteiger partial charge on any atom is -0.481 e. The molecule has 0 fully saturated rings. The molecule has 0 saturated carbocycles. The number of aliphatic hydroxyl groups is 1. The highest BCUT2D eigenvalue weighted by Gasteiger charge is 2.05. The third kappa shape index (κ3) is 3.75. The topological polar surface area (TPSA) is 99.1 Å². The number of carboxylic acids is 1. The number of nitrogens with one attached hydrogen (secondary N) is 1. The zero-order chi connectivity index (χ0) is 10.4. The quantitative estimate of drug-likeness (QED) is 0.576. The number of nitrogens with zero attached hydrogens (tertiary/aromatic N) is 2. The summed E-state index contributed by atoms with van der Waals surface area (Å²) in [5.74, 6) is -0.263. The van der Waals surface area contributed by atoms with Gasteiger partial charge in [0.05, 0.1) is 5.75 Å². The fourth-order valence-corrected chi connectivity index (χ4v) is 1.36. The number of carboxylic acid groups (broad SMARTS) is 1. The third-order valence-electron chi connectivity index (χ3n) is 1.41. The van der Waals surface area contributed by atoms with Crippen LogP contribution in [0.25, 0.3) is 0 Å². The molecule has 0 radical (unpaired) electrons. The summed E-state index contributed by atoms with van der Waals surface area (Å²) in [6.07, 6.45) is 1.25. The number of aliphatic hydroxyl groups excluding tert-OH is 1. The summed E-state index contributed by atoms with van der Waals surface area (Å²) < 4.78 is 0. The van der Waals surface area contributed by atoms with Crippen LogP contribution in [0.15, 0.2) is 5.16 Å². The molecule has 7 heteroatoms. The van der Waals surface area contributed by atoms with Gasteiger partial charge in [-0.2, -0.15) is 0 Å². The maximum Gasteiger partial charge on any atom is 0.313 e. The Morgan fingerprint density at radius 2 is 2.36 bits per heavy atom. The van der Waals surface area contributed by atoms with E-state index in [1.54, 1.807) is 0 Å². The maximum absolute atomic E-state index is 10.2. The summed E-state index contributed by atoms with van der Waals surface area (Å²) in [7, 11) is 0. The Labute approximate surface area is 84.7 Å². The first-order chi connectivity index (χ1) is 6.72. The number of hydrogen-bond acceptors (Lipinski definition) is 5. The van der Waals surface area contributed by atoms with E-state index in [9.17, 15) is 4.79 Å². The Morgan fingerprint density at radius 1 is 1.57 bits per heavy atom. The van der Waals surface area contributed by atoms with Crippen molar-refractivity contribution in [1.29, 1.82) is 0 Å². The predicted octanol–water partition coefficient (Wildman–Crippen LogP) is -0.0937. The molecule has 0 aliphatic rings. The van der Waals surface area contributed by atoms with E-state index in [0.29, 0.717) is 23.8 Å². The van der Waals surface area contributed by atoms with Gasteiger partial charge in [0, 0.05) is 13.0 Å². The molecule has 0 saturated heterocycles. The second-order valence-electron chi connectivity index (χ2n) is 2.57. The lowest BCUT2D eigenvalue weighted by molar-refractivity contribution is -0.133. The number of aliphatic carboxylic acids is 1. The standard InChI is InChI=1S/C7H11N3O3S/c11-3-1-2-5-8-7(10-9-5)14-4-6(12)13/h11H,1-4H2,(H,12,13)(H,8,9,10). The fourth-order valence-electron chi connectivity index (χ4n) is 0.827. The minimum absolute atomic E-state index is 0.0444. The van der Waals surface area contributed by atoms with E-state index in [4.69, 9.17) is 10.2 Å². The lowest BCUT2D eigenvalue weighted by Crippen LogP contribution is -1.97. The normalized spacial score (nSPS) is 10.4. The Hall–Kier alpha value is -1.08. The van der Waals surface area contributed by atoms with Crippen LogP contribution in [0.3, 0.4) is 0 Å². The van der Waals surface area contributed by atoms with Crippen LogP contribution in [0.2, 0.25) is 0 Å². The molecule has 14 heavy (non-hydrogen) atoms. The van der Waals surface area contributed by atoms with E-state index in [1.807, 2.05) is 0 Å². The van der Waals surface area contributed by atoms with Crippen molar-refractivity contribution in [3.8, 4) is 0 Å². The van der Waals surface area contributed by atoms with Gasteiger partial charge in [-0.25, -0.2) is 4.98 Å². The van der Waals surface area contributed by atoms with Gasteiger partial charge >= 0.3 is 5.97 Å². The Kier molecular flexibility index (Phi) is 4.41. The first kappa shape index (κ1) is 11.0. The van der Waals surface area contributed by atoms with E-state index in [1.165, 1.54) is 0 Å². The molecule has 0 amide bonds. The third-order valence-corrected chi connectivity index (χ3v) is 2.24. The first-order valence-electron chi connectivity index (χ1n) is 4.09. The molecule has 0 bridgehead atoms. The van der Waals surface area contributed by atoms with Crippen LogP contribution < -0.4 is 0 Å². The van der Waals surface area contributed by atoms with Gasteiger partial charge in [0.1, 0.15) is 5.82 Å². The molecule has 1 rings (SSSR count). The number of thioether (sulfide) groups is 1. The van der Waals surface area contributed by atoms with Crippen molar-refractivity contribution in [2.24, 2.45) is 0 Å². The summed E-state index contributed by atoms with van der Waals surface area (Å²) >= 11 is 1.07.